The summed E-state index contributed by atoms with van der Waals surface area (Å²) in [4.78, 5) is 24.9. The molecule has 1 aliphatic rings. The first kappa shape index (κ1) is 18.3. The first-order valence-corrected chi connectivity index (χ1v) is 7.53. The number of ether oxygens (including phenoxy) is 1. The molecule has 1 fully saturated rings. The Balaban J connectivity index is 2.05. The summed E-state index contributed by atoms with van der Waals surface area (Å²) in [5.41, 5.74) is -0.151. The number of amides is 2. The minimum Gasteiger partial charge on any atom is -0.370 e. The van der Waals surface area contributed by atoms with Crippen molar-refractivity contribution in [3.05, 3.63) is 35.4 Å². The monoisotopic (exact) mass is 344 g/mol. The average Bonchev–Trinajstić information content (AvgIpc) is 2.53. The van der Waals surface area contributed by atoms with Crippen LogP contribution in [0.25, 0.3) is 0 Å². The summed E-state index contributed by atoms with van der Waals surface area (Å²) >= 11 is 0. The second kappa shape index (κ2) is 7.21. The lowest BCUT2D eigenvalue weighted by atomic mass is 10.0. The second-order valence-corrected chi connectivity index (χ2v) is 5.69. The number of hydrogen-bond donors (Lipinski definition) is 1. The fraction of sp³-hybridized carbons (Fsp3) is 0.500. The standard InChI is InChI=1S/C16H19F3N2O3/c1-10(20-11(2)22)15(23)21-7-8-24-14(9-21)12-3-5-13(6-4-12)16(17,18)19/h3-6,10,14H,7-9H2,1-2H3,(H,20,22)/t10-,14-/m1/s1. The highest BCUT2D eigenvalue weighted by Crippen LogP contribution is 2.31. The van der Waals surface area contributed by atoms with Crippen molar-refractivity contribution in [1.29, 1.82) is 0 Å². The fourth-order valence-corrected chi connectivity index (χ4v) is 2.58. The predicted molar refractivity (Wildman–Crippen MR) is 80.0 cm³/mol. The van der Waals surface area contributed by atoms with E-state index in [-0.39, 0.29) is 25.0 Å². The van der Waals surface area contributed by atoms with E-state index in [2.05, 4.69) is 5.32 Å². The average molecular weight is 344 g/mol. The molecule has 0 aliphatic carbocycles. The van der Waals surface area contributed by atoms with Gasteiger partial charge >= 0.3 is 6.18 Å². The zero-order valence-electron chi connectivity index (χ0n) is 13.4. The normalized spacial score (nSPS) is 19.7. The van der Waals surface area contributed by atoms with Gasteiger partial charge in [0, 0.05) is 13.5 Å². The van der Waals surface area contributed by atoms with Crippen molar-refractivity contribution in [1.82, 2.24) is 10.2 Å². The van der Waals surface area contributed by atoms with Gasteiger partial charge < -0.3 is 15.0 Å². The lowest BCUT2D eigenvalue weighted by Crippen LogP contribution is -2.50. The molecule has 1 aromatic carbocycles. The Morgan fingerprint density at radius 2 is 1.92 bits per heavy atom. The van der Waals surface area contributed by atoms with Gasteiger partial charge in [0.05, 0.1) is 18.7 Å². The van der Waals surface area contributed by atoms with Crippen LogP contribution in [0.5, 0.6) is 0 Å². The molecule has 1 aromatic rings. The summed E-state index contributed by atoms with van der Waals surface area (Å²) in [7, 11) is 0. The van der Waals surface area contributed by atoms with E-state index >= 15 is 0 Å². The predicted octanol–water partition coefficient (Wildman–Crippen LogP) is 2.13. The molecule has 0 bridgehead atoms. The molecule has 2 atom stereocenters. The van der Waals surface area contributed by atoms with E-state index in [1.807, 2.05) is 0 Å². The first-order chi connectivity index (χ1) is 11.2. The maximum atomic E-state index is 12.6. The molecule has 132 valence electrons. The van der Waals surface area contributed by atoms with Crippen molar-refractivity contribution >= 4 is 11.8 Å². The third-order valence-corrected chi connectivity index (χ3v) is 3.78. The number of benzene rings is 1. The number of nitrogens with zero attached hydrogens (tertiary/aromatic N) is 1. The second-order valence-electron chi connectivity index (χ2n) is 5.69. The van der Waals surface area contributed by atoms with Gasteiger partial charge in [-0.2, -0.15) is 13.2 Å². The number of carbonyl (C=O) groups excluding carboxylic acids is 2. The van der Waals surface area contributed by atoms with Crippen LogP contribution in [-0.2, 0) is 20.5 Å². The van der Waals surface area contributed by atoms with Crippen LogP contribution in [0.4, 0.5) is 13.2 Å². The number of hydrogen-bond acceptors (Lipinski definition) is 3. The highest BCUT2D eigenvalue weighted by molar-refractivity contribution is 5.86. The van der Waals surface area contributed by atoms with Crippen molar-refractivity contribution in [3.8, 4) is 0 Å². The molecule has 1 aliphatic heterocycles. The highest BCUT2D eigenvalue weighted by Gasteiger charge is 2.32. The molecule has 2 rings (SSSR count). The molecule has 8 heteroatoms. The lowest BCUT2D eigenvalue weighted by Gasteiger charge is -2.34. The van der Waals surface area contributed by atoms with E-state index in [9.17, 15) is 22.8 Å². The summed E-state index contributed by atoms with van der Waals surface area (Å²) < 4.78 is 43.4. The van der Waals surface area contributed by atoms with Crippen molar-refractivity contribution < 1.29 is 27.5 Å². The Labute approximate surface area is 137 Å². The summed E-state index contributed by atoms with van der Waals surface area (Å²) in [6.07, 6.45) is -4.88. The molecule has 0 spiro atoms. The van der Waals surface area contributed by atoms with Crippen LogP contribution >= 0.6 is 0 Å². The molecule has 2 amide bonds. The molecule has 24 heavy (non-hydrogen) atoms. The van der Waals surface area contributed by atoms with Gasteiger partial charge in [0.1, 0.15) is 12.1 Å². The van der Waals surface area contributed by atoms with Crippen molar-refractivity contribution in [2.45, 2.75) is 32.2 Å². The van der Waals surface area contributed by atoms with Gasteiger partial charge in [-0.15, -0.1) is 0 Å². The minimum absolute atomic E-state index is 0.230. The van der Waals surface area contributed by atoms with Gasteiger partial charge in [-0.3, -0.25) is 9.59 Å². The van der Waals surface area contributed by atoms with Crippen molar-refractivity contribution in [2.24, 2.45) is 0 Å². The number of morpholine rings is 1. The summed E-state index contributed by atoms with van der Waals surface area (Å²) in [6.45, 7) is 3.80. The van der Waals surface area contributed by atoms with Crippen LogP contribution in [-0.4, -0.2) is 42.5 Å². The quantitative estimate of drug-likeness (QED) is 0.914. The maximum Gasteiger partial charge on any atom is 0.416 e. The largest absolute Gasteiger partial charge is 0.416 e. The van der Waals surface area contributed by atoms with E-state index in [0.29, 0.717) is 12.1 Å². The molecule has 0 aromatic heterocycles. The first-order valence-electron chi connectivity index (χ1n) is 7.53. The minimum atomic E-state index is -4.39. The molecule has 0 radical (unpaired) electrons. The Bertz CT molecular complexity index is 602. The summed E-state index contributed by atoms with van der Waals surface area (Å²) in [5, 5.41) is 2.52. The van der Waals surface area contributed by atoms with Gasteiger partial charge in [-0.25, -0.2) is 0 Å². The Hall–Kier alpha value is -2.09. The number of nitrogens with one attached hydrogen (secondary N) is 1. The molecule has 1 heterocycles. The Kier molecular flexibility index (Phi) is 5.48. The molecule has 5 nitrogen and oxygen atoms in total. The third-order valence-electron chi connectivity index (χ3n) is 3.78. The Morgan fingerprint density at radius 1 is 1.29 bits per heavy atom. The smallest absolute Gasteiger partial charge is 0.370 e. The number of carbonyl (C=O) groups is 2. The summed E-state index contributed by atoms with van der Waals surface area (Å²) in [6, 6.07) is 4.06. The molecule has 0 saturated carbocycles. The van der Waals surface area contributed by atoms with E-state index in [1.165, 1.54) is 19.1 Å². The van der Waals surface area contributed by atoms with Gasteiger partial charge in [0.2, 0.25) is 11.8 Å². The van der Waals surface area contributed by atoms with Crippen LogP contribution in [0.3, 0.4) is 0 Å². The van der Waals surface area contributed by atoms with Gasteiger partial charge in [-0.05, 0) is 24.6 Å². The van der Waals surface area contributed by atoms with E-state index < -0.39 is 23.9 Å². The zero-order chi connectivity index (χ0) is 17.9. The van der Waals surface area contributed by atoms with Gasteiger partial charge in [0.25, 0.3) is 0 Å². The molecule has 0 unspecified atom stereocenters. The van der Waals surface area contributed by atoms with Gasteiger partial charge in [0.15, 0.2) is 0 Å². The van der Waals surface area contributed by atoms with E-state index in [4.69, 9.17) is 4.74 Å². The van der Waals surface area contributed by atoms with Crippen LogP contribution in [0.1, 0.15) is 31.1 Å². The van der Waals surface area contributed by atoms with Crippen molar-refractivity contribution in [3.63, 3.8) is 0 Å². The fourth-order valence-electron chi connectivity index (χ4n) is 2.58. The number of rotatable bonds is 3. The molecular formula is C16H19F3N2O3. The van der Waals surface area contributed by atoms with Crippen LogP contribution in [0.15, 0.2) is 24.3 Å². The van der Waals surface area contributed by atoms with E-state index in [1.54, 1.807) is 11.8 Å². The highest BCUT2D eigenvalue weighted by atomic mass is 19.4. The van der Waals surface area contributed by atoms with E-state index in [0.717, 1.165) is 12.1 Å². The third kappa shape index (κ3) is 4.47. The molecule has 1 N–H and O–H groups in total. The molecule has 1 saturated heterocycles. The Morgan fingerprint density at radius 3 is 2.46 bits per heavy atom. The lowest BCUT2D eigenvalue weighted by molar-refractivity contribution is -0.142. The van der Waals surface area contributed by atoms with Crippen LogP contribution < -0.4 is 5.32 Å². The van der Waals surface area contributed by atoms with Crippen LogP contribution in [0.2, 0.25) is 0 Å². The topological polar surface area (TPSA) is 58.6 Å². The van der Waals surface area contributed by atoms with Crippen molar-refractivity contribution in [2.75, 3.05) is 19.7 Å². The summed E-state index contributed by atoms with van der Waals surface area (Å²) in [5.74, 6) is -0.547. The van der Waals surface area contributed by atoms with Gasteiger partial charge in [-0.1, -0.05) is 12.1 Å². The van der Waals surface area contributed by atoms with Crippen LogP contribution in [0, 0.1) is 0 Å². The molecular weight excluding hydrogens is 325 g/mol. The number of halogens is 3. The zero-order valence-corrected chi connectivity index (χ0v) is 13.4. The maximum absolute atomic E-state index is 12.6. The SMILES string of the molecule is CC(=O)N[C@H](C)C(=O)N1CCO[C@@H](c2ccc(C(F)(F)F)cc2)C1. The number of alkyl halides is 3.